The largest absolute Gasteiger partial charge is 0.479 e. The summed E-state index contributed by atoms with van der Waals surface area (Å²) in [6.45, 7) is 4.04. The number of rotatable bonds is 5. The van der Waals surface area contributed by atoms with Crippen LogP contribution in [0.25, 0.3) is 27.5 Å². The monoisotopic (exact) mass is 464 g/mol. The molecule has 1 fully saturated rings. The maximum atomic E-state index is 14.4. The number of carboxylic acids is 1. The number of benzene rings is 2. The van der Waals surface area contributed by atoms with E-state index in [0.29, 0.717) is 5.69 Å². The molecule has 34 heavy (non-hydrogen) atoms. The van der Waals surface area contributed by atoms with E-state index in [-0.39, 0.29) is 25.4 Å². The van der Waals surface area contributed by atoms with Crippen molar-refractivity contribution in [2.45, 2.75) is 44.1 Å². The number of H-pyrrole nitrogens is 1. The molecule has 2 aromatic heterocycles. The van der Waals surface area contributed by atoms with Crippen LogP contribution in [-0.4, -0.2) is 38.6 Å². The Morgan fingerprint density at radius 2 is 2.12 bits per heavy atom. The molecule has 0 saturated carbocycles. The van der Waals surface area contributed by atoms with Gasteiger partial charge in [-0.1, -0.05) is 13.8 Å². The lowest BCUT2D eigenvalue weighted by atomic mass is 9.79. The zero-order valence-corrected chi connectivity index (χ0v) is 18.6. The molecular weight excluding hydrogens is 442 g/mol. The van der Waals surface area contributed by atoms with E-state index in [2.05, 4.69) is 16.3 Å². The van der Waals surface area contributed by atoms with E-state index in [1.54, 1.807) is 6.20 Å². The molecule has 2 aromatic carbocycles. The molecule has 7 nitrogen and oxygen atoms in total. The van der Waals surface area contributed by atoms with Crippen molar-refractivity contribution in [2.75, 3.05) is 6.61 Å². The first-order chi connectivity index (χ1) is 16.2. The SMILES string of the molecule is CC(C)(CC#N)c1c([C@@H]2CO[C@@H](C(=O)O)C2)c2cc3[nH]ncc3cc2n1-c1ccc(F)c(F)c1. The molecule has 0 unspecified atom stereocenters. The summed E-state index contributed by atoms with van der Waals surface area (Å²) in [5.74, 6) is -3.22. The van der Waals surface area contributed by atoms with Crippen molar-refractivity contribution in [3.8, 4) is 11.8 Å². The molecule has 3 heterocycles. The van der Waals surface area contributed by atoms with Crippen LogP contribution in [-0.2, 0) is 14.9 Å². The molecule has 1 aliphatic rings. The average Bonchev–Trinajstić information content (AvgIpc) is 3.50. The normalized spacial score (nSPS) is 18.6. The van der Waals surface area contributed by atoms with E-state index >= 15 is 0 Å². The summed E-state index contributed by atoms with van der Waals surface area (Å²) in [7, 11) is 0. The van der Waals surface area contributed by atoms with Gasteiger partial charge in [-0.2, -0.15) is 10.4 Å². The minimum atomic E-state index is -1.03. The highest BCUT2D eigenvalue weighted by Crippen LogP contribution is 2.46. The maximum absolute atomic E-state index is 14.4. The Morgan fingerprint density at radius 3 is 2.79 bits per heavy atom. The van der Waals surface area contributed by atoms with Crippen LogP contribution in [0.3, 0.4) is 0 Å². The van der Waals surface area contributed by atoms with Gasteiger partial charge in [0.15, 0.2) is 17.7 Å². The summed E-state index contributed by atoms with van der Waals surface area (Å²) in [5.41, 5.74) is 2.83. The van der Waals surface area contributed by atoms with Gasteiger partial charge in [0.1, 0.15) is 0 Å². The summed E-state index contributed by atoms with van der Waals surface area (Å²) < 4.78 is 35.6. The molecule has 0 radical (unpaired) electrons. The number of aromatic amines is 1. The van der Waals surface area contributed by atoms with Gasteiger partial charge >= 0.3 is 5.97 Å². The van der Waals surface area contributed by atoms with Crippen LogP contribution < -0.4 is 0 Å². The fourth-order valence-electron chi connectivity index (χ4n) is 5.00. The lowest BCUT2D eigenvalue weighted by Gasteiger charge is -2.28. The highest BCUT2D eigenvalue weighted by Gasteiger charge is 2.39. The Bertz CT molecular complexity index is 1480. The lowest BCUT2D eigenvalue weighted by molar-refractivity contribution is -0.147. The van der Waals surface area contributed by atoms with E-state index in [4.69, 9.17) is 4.74 Å². The Kier molecular flexibility index (Phi) is 5.14. The minimum absolute atomic E-state index is 0.162. The second-order valence-corrected chi connectivity index (χ2v) is 9.33. The van der Waals surface area contributed by atoms with E-state index < -0.39 is 29.1 Å². The Hall–Kier alpha value is -3.77. The average molecular weight is 464 g/mol. The Labute approximate surface area is 193 Å². The first kappa shape index (κ1) is 22.0. The van der Waals surface area contributed by atoms with Crippen LogP contribution in [0, 0.1) is 23.0 Å². The number of ether oxygens (including phenoxy) is 1. The summed E-state index contributed by atoms with van der Waals surface area (Å²) in [6.07, 6.45) is 1.17. The quantitative estimate of drug-likeness (QED) is 0.436. The molecule has 1 aliphatic heterocycles. The van der Waals surface area contributed by atoms with Crippen LogP contribution >= 0.6 is 0 Å². The van der Waals surface area contributed by atoms with E-state index in [1.807, 2.05) is 30.5 Å². The fourth-order valence-corrected chi connectivity index (χ4v) is 5.00. The molecule has 2 N–H and O–H groups in total. The fraction of sp³-hybridized carbons (Fsp3) is 0.320. The molecule has 0 amide bonds. The van der Waals surface area contributed by atoms with Gasteiger partial charge in [0.25, 0.3) is 0 Å². The van der Waals surface area contributed by atoms with E-state index in [1.165, 1.54) is 6.07 Å². The number of nitriles is 1. The van der Waals surface area contributed by atoms with Crippen LogP contribution in [0.1, 0.15) is 43.9 Å². The van der Waals surface area contributed by atoms with Gasteiger partial charge < -0.3 is 14.4 Å². The zero-order valence-electron chi connectivity index (χ0n) is 18.6. The van der Waals surface area contributed by atoms with Crippen molar-refractivity contribution in [2.24, 2.45) is 0 Å². The maximum Gasteiger partial charge on any atom is 0.332 e. The molecule has 0 aliphatic carbocycles. The smallest absolute Gasteiger partial charge is 0.332 e. The number of halogens is 2. The van der Waals surface area contributed by atoms with Crippen molar-refractivity contribution < 1.29 is 23.4 Å². The van der Waals surface area contributed by atoms with Gasteiger partial charge in [-0.3, -0.25) is 5.10 Å². The number of nitrogens with zero attached hydrogens (tertiary/aromatic N) is 3. The first-order valence-corrected chi connectivity index (χ1v) is 10.9. The third-order valence-corrected chi connectivity index (χ3v) is 6.57. The first-order valence-electron chi connectivity index (χ1n) is 10.9. The number of fused-ring (bicyclic) bond motifs is 2. The van der Waals surface area contributed by atoms with Crippen molar-refractivity contribution >= 4 is 27.8 Å². The van der Waals surface area contributed by atoms with Gasteiger partial charge in [0.2, 0.25) is 0 Å². The number of hydrogen-bond acceptors (Lipinski definition) is 4. The van der Waals surface area contributed by atoms with Crippen LogP contribution in [0.4, 0.5) is 8.78 Å². The Morgan fingerprint density at radius 1 is 1.32 bits per heavy atom. The molecule has 174 valence electrons. The molecular formula is C25H22F2N4O3. The van der Waals surface area contributed by atoms with Crippen molar-refractivity contribution in [1.29, 1.82) is 5.26 Å². The number of aromatic nitrogens is 3. The molecule has 0 bridgehead atoms. The summed E-state index contributed by atoms with van der Waals surface area (Å²) in [5, 5.41) is 27.8. The predicted molar refractivity (Wildman–Crippen MR) is 121 cm³/mol. The standard InChI is InChI=1S/C25H22F2N4O3/c1-25(2,5-6-28)23-22(14-8-21(24(32)33)34-12-14)16-10-19-13(11-29-30-19)7-20(16)31(23)15-3-4-17(26)18(27)9-15/h3-4,7,9-11,14,21H,5,8,12H2,1-2H3,(H,29,30)(H,32,33)/t14-,21+/m0/s1. The van der Waals surface area contributed by atoms with Gasteiger partial charge in [0.05, 0.1) is 29.9 Å². The van der Waals surface area contributed by atoms with Crippen molar-refractivity contribution in [3.63, 3.8) is 0 Å². The summed E-state index contributed by atoms with van der Waals surface area (Å²) >= 11 is 0. The number of hydrogen-bond donors (Lipinski definition) is 2. The summed E-state index contributed by atoms with van der Waals surface area (Å²) in [4.78, 5) is 11.6. The second-order valence-electron chi connectivity index (χ2n) is 9.33. The lowest BCUT2D eigenvalue weighted by Crippen LogP contribution is -2.24. The van der Waals surface area contributed by atoms with Crippen molar-refractivity contribution in [1.82, 2.24) is 14.8 Å². The number of nitrogens with one attached hydrogen (secondary N) is 1. The Balaban J connectivity index is 1.89. The van der Waals surface area contributed by atoms with Gasteiger partial charge in [-0.15, -0.1) is 0 Å². The zero-order chi connectivity index (χ0) is 24.2. The van der Waals surface area contributed by atoms with E-state index in [0.717, 1.165) is 45.2 Å². The predicted octanol–water partition coefficient (Wildman–Crippen LogP) is 4.93. The molecule has 2 atom stereocenters. The summed E-state index contributed by atoms with van der Waals surface area (Å²) in [6, 6.07) is 9.79. The van der Waals surface area contributed by atoms with Gasteiger partial charge in [-0.05, 0) is 36.2 Å². The van der Waals surface area contributed by atoms with E-state index in [9.17, 15) is 23.9 Å². The molecule has 0 spiro atoms. The highest BCUT2D eigenvalue weighted by molar-refractivity contribution is 5.99. The molecule has 4 aromatic rings. The number of carbonyl (C=O) groups is 1. The molecule has 9 heteroatoms. The number of carboxylic acid groups (broad SMARTS) is 1. The highest BCUT2D eigenvalue weighted by atomic mass is 19.2. The minimum Gasteiger partial charge on any atom is -0.479 e. The van der Waals surface area contributed by atoms with Gasteiger partial charge in [0, 0.05) is 46.0 Å². The topological polar surface area (TPSA) is 104 Å². The molecule has 5 rings (SSSR count). The molecule has 1 saturated heterocycles. The second kappa shape index (κ2) is 7.92. The third kappa shape index (κ3) is 3.42. The van der Waals surface area contributed by atoms with Crippen LogP contribution in [0.5, 0.6) is 0 Å². The van der Waals surface area contributed by atoms with Gasteiger partial charge in [-0.25, -0.2) is 13.6 Å². The van der Waals surface area contributed by atoms with Crippen molar-refractivity contribution in [3.05, 3.63) is 59.4 Å². The van der Waals surface area contributed by atoms with Crippen LogP contribution in [0.15, 0.2) is 36.5 Å². The van der Waals surface area contributed by atoms with Crippen LogP contribution in [0.2, 0.25) is 0 Å². The third-order valence-electron chi connectivity index (χ3n) is 6.57. The number of aliphatic carboxylic acids is 1.